The Morgan fingerprint density at radius 2 is 1.58 bits per heavy atom. The van der Waals surface area contributed by atoms with Crippen molar-refractivity contribution in [2.45, 2.75) is 59.4 Å². The number of anilines is 1. The fraction of sp³-hybridized carbons (Fsp3) is 0.682. The fourth-order valence-electron chi connectivity index (χ4n) is 4.65. The molecule has 1 saturated carbocycles. The Hall–Kier alpha value is -1.39. The van der Waals surface area contributed by atoms with Crippen molar-refractivity contribution >= 4 is 11.6 Å². The minimum atomic E-state index is 0.111. The molecule has 2 aliphatic rings. The fourth-order valence-corrected chi connectivity index (χ4v) is 4.65. The number of hydrogen-bond acceptors (Lipinski definition) is 3. The number of hydrogen-bond donors (Lipinski definition) is 1. The normalized spacial score (nSPS) is 25.2. The average Bonchev–Trinajstić information content (AvgIpc) is 2.59. The molecule has 0 radical (unpaired) electrons. The van der Waals surface area contributed by atoms with E-state index in [1.54, 1.807) is 0 Å². The van der Waals surface area contributed by atoms with Gasteiger partial charge in [0.25, 0.3) is 0 Å². The van der Waals surface area contributed by atoms with Crippen molar-refractivity contribution in [3.8, 4) is 0 Å². The number of nitrogens with zero attached hydrogens (tertiary/aromatic N) is 2. The molecule has 2 fully saturated rings. The summed E-state index contributed by atoms with van der Waals surface area (Å²) in [7, 11) is 0. The molecule has 4 nitrogen and oxygen atoms in total. The molecule has 0 atom stereocenters. The lowest BCUT2D eigenvalue weighted by molar-refractivity contribution is -0.117. The summed E-state index contributed by atoms with van der Waals surface area (Å²) in [6, 6.07) is 5.04. The smallest absolute Gasteiger partial charge is 0.238 e. The van der Waals surface area contributed by atoms with Crippen LogP contribution in [-0.2, 0) is 4.79 Å². The van der Waals surface area contributed by atoms with Crippen LogP contribution in [0, 0.1) is 26.7 Å². The zero-order valence-electron chi connectivity index (χ0n) is 17.0. The van der Waals surface area contributed by atoms with Gasteiger partial charge in [0.2, 0.25) is 5.91 Å². The maximum absolute atomic E-state index is 12.5. The number of amides is 1. The highest BCUT2D eigenvalue weighted by Gasteiger charge is 2.27. The Morgan fingerprint density at radius 3 is 2.15 bits per heavy atom. The van der Waals surface area contributed by atoms with Crippen molar-refractivity contribution in [3.63, 3.8) is 0 Å². The van der Waals surface area contributed by atoms with E-state index in [0.29, 0.717) is 6.54 Å². The van der Waals surface area contributed by atoms with Crippen LogP contribution in [0.3, 0.4) is 0 Å². The molecule has 1 aliphatic heterocycles. The Balaban J connectivity index is 1.46. The molecule has 144 valence electrons. The van der Waals surface area contributed by atoms with Crippen LogP contribution in [0.4, 0.5) is 5.69 Å². The topological polar surface area (TPSA) is 35.6 Å². The first-order valence-electron chi connectivity index (χ1n) is 10.3. The number of carbonyl (C=O) groups is 1. The van der Waals surface area contributed by atoms with E-state index in [0.717, 1.165) is 55.0 Å². The summed E-state index contributed by atoms with van der Waals surface area (Å²) >= 11 is 0. The van der Waals surface area contributed by atoms with Gasteiger partial charge in [0.15, 0.2) is 0 Å². The van der Waals surface area contributed by atoms with E-state index >= 15 is 0 Å². The Kier molecular flexibility index (Phi) is 6.36. The third-order valence-corrected chi connectivity index (χ3v) is 6.22. The van der Waals surface area contributed by atoms with Crippen molar-refractivity contribution in [2.75, 3.05) is 38.0 Å². The lowest BCUT2D eigenvalue weighted by atomic mass is 9.86. The highest BCUT2D eigenvalue weighted by Crippen LogP contribution is 2.27. The number of rotatable bonds is 4. The lowest BCUT2D eigenvalue weighted by Crippen LogP contribution is -2.52. The minimum absolute atomic E-state index is 0.111. The van der Waals surface area contributed by atoms with Crippen molar-refractivity contribution in [1.82, 2.24) is 9.80 Å². The monoisotopic (exact) mass is 357 g/mol. The molecule has 3 rings (SSSR count). The predicted octanol–water partition coefficient (Wildman–Crippen LogP) is 3.75. The van der Waals surface area contributed by atoms with Crippen LogP contribution in [0.5, 0.6) is 0 Å². The van der Waals surface area contributed by atoms with E-state index in [9.17, 15) is 4.79 Å². The first-order chi connectivity index (χ1) is 12.4. The minimum Gasteiger partial charge on any atom is -0.324 e. The summed E-state index contributed by atoms with van der Waals surface area (Å²) in [5.74, 6) is 1.02. The van der Waals surface area contributed by atoms with E-state index in [1.807, 2.05) is 0 Å². The maximum atomic E-state index is 12.5. The molecule has 0 bridgehead atoms. The number of benzene rings is 1. The third-order valence-electron chi connectivity index (χ3n) is 6.22. The molecule has 4 heteroatoms. The molecule has 1 N–H and O–H groups in total. The van der Waals surface area contributed by atoms with Gasteiger partial charge in [0.05, 0.1) is 6.54 Å². The van der Waals surface area contributed by atoms with Crippen molar-refractivity contribution in [1.29, 1.82) is 0 Å². The van der Waals surface area contributed by atoms with E-state index in [4.69, 9.17) is 0 Å². The maximum Gasteiger partial charge on any atom is 0.238 e. The van der Waals surface area contributed by atoms with E-state index < -0.39 is 0 Å². The average molecular weight is 358 g/mol. The zero-order valence-corrected chi connectivity index (χ0v) is 17.0. The Labute approximate surface area is 158 Å². The van der Waals surface area contributed by atoms with Gasteiger partial charge in [-0.25, -0.2) is 0 Å². The molecule has 0 aromatic heterocycles. The second-order valence-corrected chi connectivity index (χ2v) is 8.55. The Morgan fingerprint density at radius 1 is 1.00 bits per heavy atom. The first-order valence-corrected chi connectivity index (χ1v) is 10.3. The predicted molar refractivity (Wildman–Crippen MR) is 109 cm³/mol. The molecular formula is C22H35N3O. The molecular weight excluding hydrogens is 322 g/mol. The quantitative estimate of drug-likeness (QED) is 0.891. The molecule has 1 aromatic carbocycles. The summed E-state index contributed by atoms with van der Waals surface area (Å²) in [5.41, 5.74) is 4.51. The second-order valence-electron chi connectivity index (χ2n) is 8.55. The van der Waals surface area contributed by atoms with Gasteiger partial charge < -0.3 is 5.32 Å². The number of piperazine rings is 1. The molecule has 1 heterocycles. The summed E-state index contributed by atoms with van der Waals surface area (Å²) < 4.78 is 0. The molecule has 0 spiro atoms. The van der Waals surface area contributed by atoms with Gasteiger partial charge in [0, 0.05) is 37.9 Å². The zero-order chi connectivity index (χ0) is 18.7. The second kappa shape index (κ2) is 8.53. The molecule has 1 saturated heterocycles. The first kappa shape index (κ1) is 19.4. The van der Waals surface area contributed by atoms with Gasteiger partial charge in [-0.3, -0.25) is 14.6 Å². The van der Waals surface area contributed by atoms with Crippen LogP contribution in [0.15, 0.2) is 12.1 Å². The summed E-state index contributed by atoms with van der Waals surface area (Å²) in [6.45, 7) is 13.3. The third kappa shape index (κ3) is 4.86. The van der Waals surface area contributed by atoms with Gasteiger partial charge in [-0.15, -0.1) is 0 Å². The SMILES string of the molecule is Cc1cc(C)c(NC(=O)CN2CCN(C3CCC(C)CC3)CC2)c(C)c1. The highest BCUT2D eigenvalue weighted by atomic mass is 16.2. The molecule has 0 unspecified atom stereocenters. The van der Waals surface area contributed by atoms with Crippen LogP contribution in [0.25, 0.3) is 0 Å². The standard InChI is InChI=1S/C22H35N3O/c1-16-5-7-20(8-6-16)25-11-9-24(10-12-25)15-21(26)23-22-18(3)13-17(2)14-19(22)4/h13-14,16,20H,5-12,15H2,1-4H3,(H,23,26). The van der Waals surface area contributed by atoms with Gasteiger partial charge >= 0.3 is 0 Å². The van der Waals surface area contributed by atoms with E-state index in [-0.39, 0.29) is 5.91 Å². The van der Waals surface area contributed by atoms with Gasteiger partial charge in [-0.05, 0) is 63.5 Å². The highest BCUT2D eigenvalue weighted by molar-refractivity contribution is 5.93. The van der Waals surface area contributed by atoms with Gasteiger partial charge in [-0.2, -0.15) is 0 Å². The lowest BCUT2D eigenvalue weighted by Gasteiger charge is -2.41. The number of aryl methyl sites for hydroxylation is 3. The van der Waals surface area contributed by atoms with Crippen LogP contribution in [0.2, 0.25) is 0 Å². The largest absolute Gasteiger partial charge is 0.324 e. The van der Waals surface area contributed by atoms with Gasteiger partial charge in [0.1, 0.15) is 0 Å². The van der Waals surface area contributed by atoms with Crippen LogP contribution < -0.4 is 5.32 Å². The van der Waals surface area contributed by atoms with Crippen LogP contribution >= 0.6 is 0 Å². The molecule has 1 aliphatic carbocycles. The number of carbonyl (C=O) groups excluding carboxylic acids is 1. The number of nitrogens with one attached hydrogen (secondary N) is 1. The van der Waals surface area contributed by atoms with Gasteiger partial charge in [-0.1, -0.05) is 24.6 Å². The van der Waals surface area contributed by atoms with Crippen molar-refractivity contribution in [2.24, 2.45) is 5.92 Å². The molecule has 1 amide bonds. The summed E-state index contributed by atoms with van der Waals surface area (Å²) in [5, 5.41) is 3.14. The van der Waals surface area contributed by atoms with Crippen LogP contribution in [0.1, 0.15) is 49.3 Å². The van der Waals surface area contributed by atoms with Crippen molar-refractivity contribution < 1.29 is 4.79 Å². The molecule has 26 heavy (non-hydrogen) atoms. The van der Waals surface area contributed by atoms with Crippen LogP contribution in [-0.4, -0.2) is 54.5 Å². The van der Waals surface area contributed by atoms with E-state index in [1.165, 1.54) is 31.2 Å². The van der Waals surface area contributed by atoms with Crippen molar-refractivity contribution in [3.05, 3.63) is 28.8 Å². The molecule has 1 aromatic rings. The summed E-state index contributed by atoms with van der Waals surface area (Å²) in [4.78, 5) is 17.5. The Bertz CT molecular complexity index is 603. The summed E-state index contributed by atoms with van der Waals surface area (Å²) in [6.07, 6.45) is 5.46. The van der Waals surface area contributed by atoms with E-state index in [2.05, 4.69) is 54.9 Å².